The number of amides is 2. The third-order valence-electron chi connectivity index (χ3n) is 6.09. The van der Waals surface area contributed by atoms with Crippen molar-refractivity contribution in [2.75, 3.05) is 0 Å². The number of carbonyl (C=O) groups is 2. The second kappa shape index (κ2) is 10.9. The summed E-state index contributed by atoms with van der Waals surface area (Å²) in [6.45, 7) is 8.30. The maximum Gasteiger partial charge on any atom is 0.242 e. The average molecular weight is 431 g/mol. The van der Waals surface area contributed by atoms with Gasteiger partial charge in [-0.15, -0.1) is 0 Å². The van der Waals surface area contributed by atoms with Crippen LogP contribution < -0.4 is 5.32 Å². The van der Waals surface area contributed by atoms with Gasteiger partial charge in [0.05, 0.1) is 0 Å². The minimum Gasteiger partial charge on any atom is -0.352 e. The summed E-state index contributed by atoms with van der Waals surface area (Å²) < 4.78 is 0. The van der Waals surface area contributed by atoms with E-state index in [1.165, 1.54) is 10.8 Å². The largest absolute Gasteiger partial charge is 0.352 e. The molecule has 32 heavy (non-hydrogen) atoms. The number of nitrogens with one attached hydrogen (secondary N) is 1. The summed E-state index contributed by atoms with van der Waals surface area (Å²) in [5, 5.41) is 5.38. The second-order valence-electron chi connectivity index (χ2n) is 8.64. The first-order valence-corrected chi connectivity index (χ1v) is 11.5. The van der Waals surface area contributed by atoms with E-state index in [1.54, 1.807) is 4.90 Å². The summed E-state index contributed by atoms with van der Waals surface area (Å²) in [5.74, 6) is -0.114. The molecule has 3 aromatic carbocycles. The molecule has 0 aliphatic heterocycles. The standard InChI is InChI=1S/C28H34N2O2/c1-5-21(3)29-28(32)22(4)30(19-23-11-8-10-20(2)18-23)27(31)17-16-25-14-9-13-24-12-6-7-15-26(24)25/h6-15,18,21-22H,5,16-17,19H2,1-4H3,(H,29,32). The summed E-state index contributed by atoms with van der Waals surface area (Å²) in [5.41, 5.74) is 3.33. The van der Waals surface area contributed by atoms with E-state index in [0.717, 1.165) is 23.1 Å². The maximum atomic E-state index is 13.4. The normalized spacial score (nSPS) is 12.9. The van der Waals surface area contributed by atoms with Crippen LogP contribution in [0.3, 0.4) is 0 Å². The topological polar surface area (TPSA) is 49.4 Å². The van der Waals surface area contributed by atoms with Crippen LogP contribution in [0.2, 0.25) is 0 Å². The van der Waals surface area contributed by atoms with Gasteiger partial charge in [0.2, 0.25) is 11.8 Å². The average Bonchev–Trinajstić information content (AvgIpc) is 2.80. The summed E-state index contributed by atoms with van der Waals surface area (Å²) in [4.78, 5) is 28.0. The number of aryl methyl sites for hydroxylation is 2. The molecule has 4 heteroatoms. The summed E-state index contributed by atoms with van der Waals surface area (Å²) >= 11 is 0. The number of hydrogen-bond acceptors (Lipinski definition) is 2. The van der Waals surface area contributed by atoms with Crippen LogP contribution in [0.1, 0.15) is 50.3 Å². The summed E-state index contributed by atoms with van der Waals surface area (Å²) in [6.07, 6.45) is 1.86. The van der Waals surface area contributed by atoms with Gasteiger partial charge in [0.1, 0.15) is 6.04 Å². The lowest BCUT2D eigenvalue weighted by Gasteiger charge is -2.30. The molecule has 0 aliphatic carbocycles. The number of fused-ring (bicyclic) bond motifs is 1. The summed E-state index contributed by atoms with van der Waals surface area (Å²) in [6, 6.07) is 22.1. The van der Waals surface area contributed by atoms with E-state index < -0.39 is 6.04 Å². The number of rotatable bonds is 9. The van der Waals surface area contributed by atoms with E-state index in [1.807, 2.05) is 64.1 Å². The molecule has 1 N–H and O–H groups in total. The van der Waals surface area contributed by atoms with Crippen LogP contribution in [0.25, 0.3) is 10.8 Å². The maximum absolute atomic E-state index is 13.4. The Morgan fingerprint density at radius 2 is 1.69 bits per heavy atom. The SMILES string of the molecule is CCC(C)NC(=O)C(C)N(Cc1cccc(C)c1)C(=O)CCc1cccc2ccccc12. The molecular weight excluding hydrogens is 396 g/mol. The second-order valence-corrected chi connectivity index (χ2v) is 8.64. The molecule has 2 atom stereocenters. The van der Waals surface area contributed by atoms with Crippen molar-refractivity contribution in [1.82, 2.24) is 10.2 Å². The molecule has 0 heterocycles. The van der Waals surface area contributed by atoms with Crippen molar-refractivity contribution in [2.45, 2.75) is 65.6 Å². The van der Waals surface area contributed by atoms with Crippen LogP contribution in [-0.2, 0) is 22.6 Å². The predicted octanol–water partition coefficient (Wildman–Crippen LogP) is 5.41. The van der Waals surface area contributed by atoms with Crippen molar-refractivity contribution >= 4 is 22.6 Å². The van der Waals surface area contributed by atoms with Gasteiger partial charge in [0, 0.05) is 19.0 Å². The minimum atomic E-state index is -0.537. The minimum absolute atomic E-state index is 0.00811. The molecule has 0 saturated heterocycles. The smallest absolute Gasteiger partial charge is 0.242 e. The third-order valence-corrected chi connectivity index (χ3v) is 6.09. The molecule has 4 nitrogen and oxygen atoms in total. The lowest BCUT2D eigenvalue weighted by molar-refractivity contribution is -0.140. The highest BCUT2D eigenvalue weighted by molar-refractivity contribution is 5.89. The van der Waals surface area contributed by atoms with E-state index in [9.17, 15) is 9.59 Å². The molecule has 0 saturated carbocycles. The third kappa shape index (κ3) is 5.97. The van der Waals surface area contributed by atoms with Crippen LogP contribution in [0.4, 0.5) is 0 Å². The van der Waals surface area contributed by atoms with Crippen LogP contribution in [0, 0.1) is 6.92 Å². The van der Waals surface area contributed by atoms with E-state index in [2.05, 4.69) is 35.6 Å². The lowest BCUT2D eigenvalue weighted by Crippen LogP contribution is -2.49. The van der Waals surface area contributed by atoms with Gasteiger partial charge >= 0.3 is 0 Å². The van der Waals surface area contributed by atoms with Crippen LogP contribution in [0.5, 0.6) is 0 Å². The van der Waals surface area contributed by atoms with Gasteiger partial charge < -0.3 is 10.2 Å². The zero-order chi connectivity index (χ0) is 23.1. The van der Waals surface area contributed by atoms with Crippen LogP contribution in [-0.4, -0.2) is 28.8 Å². The van der Waals surface area contributed by atoms with E-state index in [4.69, 9.17) is 0 Å². The molecule has 0 spiro atoms. The Hall–Kier alpha value is -3.14. The Morgan fingerprint density at radius 3 is 2.44 bits per heavy atom. The molecular formula is C28H34N2O2. The fourth-order valence-electron chi connectivity index (χ4n) is 3.95. The Bertz CT molecular complexity index is 1070. The van der Waals surface area contributed by atoms with Gasteiger partial charge in [-0.3, -0.25) is 9.59 Å². The molecule has 0 fully saturated rings. The first-order valence-electron chi connectivity index (χ1n) is 11.5. The van der Waals surface area contributed by atoms with Crippen molar-refractivity contribution < 1.29 is 9.59 Å². The van der Waals surface area contributed by atoms with Crippen molar-refractivity contribution in [2.24, 2.45) is 0 Å². The first kappa shape index (κ1) is 23.5. The number of nitrogens with zero attached hydrogens (tertiary/aromatic N) is 1. The molecule has 0 radical (unpaired) electrons. The molecule has 3 aromatic rings. The number of benzene rings is 3. The number of hydrogen-bond donors (Lipinski definition) is 1. The van der Waals surface area contributed by atoms with Crippen molar-refractivity contribution in [1.29, 1.82) is 0 Å². The highest BCUT2D eigenvalue weighted by Crippen LogP contribution is 2.21. The van der Waals surface area contributed by atoms with Crippen LogP contribution in [0.15, 0.2) is 66.7 Å². The van der Waals surface area contributed by atoms with Gasteiger partial charge in [0.25, 0.3) is 0 Å². The summed E-state index contributed by atoms with van der Waals surface area (Å²) in [7, 11) is 0. The molecule has 0 aromatic heterocycles. The Balaban J connectivity index is 1.79. The zero-order valence-electron chi connectivity index (χ0n) is 19.6. The predicted molar refractivity (Wildman–Crippen MR) is 131 cm³/mol. The molecule has 168 valence electrons. The lowest BCUT2D eigenvalue weighted by atomic mass is 10.0. The van der Waals surface area contributed by atoms with Crippen molar-refractivity contribution in [3.05, 3.63) is 83.4 Å². The van der Waals surface area contributed by atoms with E-state index in [0.29, 0.717) is 19.4 Å². The zero-order valence-corrected chi connectivity index (χ0v) is 19.6. The monoisotopic (exact) mass is 430 g/mol. The van der Waals surface area contributed by atoms with E-state index in [-0.39, 0.29) is 17.9 Å². The quantitative estimate of drug-likeness (QED) is 0.493. The first-order chi connectivity index (χ1) is 15.4. The molecule has 0 aliphatic rings. The molecule has 2 amide bonds. The Kier molecular flexibility index (Phi) is 8.04. The van der Waals surface area contributed by atoms with Crippen molar-refractivity contribution in [3.63, 3.8) is 0 Å². The molecule has 2 unspecified atom stereocenters. The van der Waals surface area contributed by atoms with Crippen LogP contribution >= 0.6 is 0 Å². The highest BCUT2D eigenvalue weighted by atomic mass is 16.2. The molecule has 3 rings (SSSR count). The number of carbonyl (C=O) groups excluding carboxylic acids is 2. The fourth-order valence-corrected chi connectivity index (χ4v) is 3.95. The van der Waals surface area contributed by atoms with Gasteiger partial charge in [-0.25, -0.2) is 0 Å². The molecule has 0 bridgehead atoms. The van der Waals surface area contributed by atoms with Gasteiger partial charge in [0.15, 0.2) is 0 Å². The Morgan fingerprint density at radius 1 is 0.969 bits per heavy atom. The van der Waals surface area contributed by atoms with Gasteiger partial charge in [-0.2, -0.15) is 0 Å². The van der Waals surface area contributed by atoms with Gasteiger partial charge in [-0.1, -0.05) is 79.2 Å². The Labute approximate surface area is 191 Å². The van der Waals surface area contributed by atoms with Gasteiger partial charge in [-0.05, 0) is 55.5 Å². The fraction of sp³-hybridized carbons (Fsp3) is 0.357. The highest BCUT2D eigenvalue weighted by Gasteiger charge is 2.26. The van der Waals surface area contributed by atoms with E-state index >= 15 is 0 Å². The van der Waals surface area contributed by atoms with Crippen molar-refractivity contribution in [3.8, 4) is 0 Å².